The number of carbonyl (C=O) groups excluding carboxylic acids is 2. The Balaban J connectivity index is 0.00000337. The molecule has 5 N–H and O–H groups in total. The van der Waals surface area contributed by atoms with E-state index in [4.69, 9.17) is 4.74 Å². The number of hydrogen-bond acceptors (Lipinski definition) is 9. The Morgan fingerprint density at radius 3 is 2.32 bits per heavy atom. The van der Waals surface area contributed by atoms with E-state index in [1.54, 1.807) is 13.0 Å². The van der Waals surface area contributed by atoms with Crippen LogP contribution in [0, 0.1) is 24.7 Å². The molecular weight excluding hydrogens is 644 g/mol. The van der Waals surface area contributed by atoms with E-state index in [9.17, 15) is 23.1 Å². The Labute approximate surface area is 269 Å². The van der Waals surface area contributed by atoms with Crippen LogP contribution < -0.4 is 15.0 Å². The Bertz CT molecular complexity index is 1590. The monoisotopic (exact) mass is 680 g/mol. The Morgan fingerprint density at radius 1 is 1.16 bits per heavy atom. The quantitative estimate of drug-likeness (QED) is 0.169. The molecule has 1 fully saturated rings. The second kappa shape index (κ2) is 14.6. The van der Waals surface area contributed by atoms with Gasteiger partial charge >= 0.3 is 5.97 Å². The van der Waals surface area contributed by atoms with Gasteiger partial charge in [-0.2, -0.15) is 4.99 Å². The van der Waals surface area contributed by atoms with Gasteiger partial charge in [0.25, 0.3) is 0 Å². The maximum Gasteiger partial charge on any atom is 0.338 e. The van der Waals surface area contributed by atoms with E-state index in [1.165, 1.54) is 26.2 Å². The molecule has 2 aromatic rings. The Kier molecular flexibility index (Phi) is 12.3. The molecule has 0 aromatic carbocycles. The topological polar surface area (TPSA) is 218 Å². The molecule has 3 unspecified atom stereocenters. The van der Waals surface area contributed by atoms with E-state index < -0.39 is 33.8 Å². The minimum Gasteiger partial charge on any atom is -0.495 e. The molecule has 0 saturated heterocycles. The number of nitrogens with zero attached hydrogens (tertiary/aromatic N) is 5. The summed E-state index contributed by atoms with van der Waals surface area (Å²) in [5.41, 5.74) is 1.90. The summed E-state index contributed by atoms with van der Waals surface area (Å²) in [7, 11) is -3.60. The number of rotatable bonds is 7. The summed E-state index contributed by atoms with van der Waals surface area (Å²) in [6, 6.07) is -1.01. The smallest absolute Gasteiger partial charge is 0.338 e. The summed E-state index contributed by atoms with van der Waals surface area (Å²) >= 11 is 0. The number of nitrogens with one attached hydrogen (secondary N) is 2. The van der Waals surface area contributed by atoms with Gasteiger partial charge in [0.15, 0.2) is 5.84 Å². The molecule has 4 rings (SSSR count). The van der Waals surface area contributed by atoms with Gasteiger partial charge in [-0.1, -0.05) is 20.8 Å². The molecule has 16 heteroatoms. The molecule has 1 amide bonds. The Hall–Kier alpha value is -3.33. The minimum absolute atomic E-state index is 0. The van der Waals surface area contributed by atoms with E-state index in [-0.39, 0.29) is 65.8 Å². The number of anilines is 1. The van der Waals surface area contributed by atoms with E-state index >= 15 is 0 Å². The van der Waals surface area contributed by atoms with Gasteiger partial charge in [0.05, 0.1) is 23.6 Å². The number of amidine groups is 1. The second-order valence-corrected chi connectivity index (χ2v) is 13.0. The molecule has 2 aromatic heterocycles. The fourth-order valence-electron chi connectivity index (χ4n) is 5.62. The largest absolute Gasteiger partial charge is 0.495 e. The van der Waals surface area contributed by atoms with Crippen molar-refractivity contribution < 1.29 is 52.8 Å². The molecule has 3 atom stereocenters. The summed E-state index contributed by atoms with van der Waals surface area (Å²) in [4.78, 5) is 47.2. The molecular formula is C28H38N7O7SZn-. The Morgan fingerprint density at radius 2 is 1.75 bits per heavy atom. The van der Waals surface area contributed by atoms with Crippen LogP contribution in [0.3, 0.4) is 0 Å². The zero-order chi connectivity index (χ0) is 30.9. The average molecular weight is 682 g/mol. The van der Waals surface area contributed by atoms with Crippen molar-refractivity contribution in [2.24, 2.45) is 27.7 Å². The second-order valence-electron chi connectivity index (χ2n) is 11.2. The maximum atomic E-state index is 13.5. The number of sulfonamides is 1. The summed E-state index contributed by atoms with van der Waals surface area (Å²) in [6.07, 6.45) is 7.10. The number of amides is 1. The minimum atomic E-state index is -3.60. The predicted molar refractivity (Wildman–Crippen MR) is 162 cm³/mol. The van der Waals surface area contributed by atoms with Gasteiger partial charge in [0, 0.05) is 31.9 Å². The summed E-state index contributed by atoms with van der Waals surface area (Å²) in [5.74, 6) is -0.446. The first-order chi connectivity index (χ1) is 19.6. The van der Waals surface area contributed by atoms with Crippen LogP contribution in [0.2, 0.25) is 0 Å². The normalized spacial score (nSPS) is 23.1. The van der Waals surface area contributed by atoms with Crippen molar-refractivity contribution in [1.29, 1.82) is 0 Å². The number of aliphatic hydroxyl groups is 1. The molecule has 44 heavy (non-hydrogen) atoms. The zero-order valence-electron chi connectivity index (χ0n) is 25.9. The third-order valence-corrected chi connectivity index (χ3v) is 8.07. The van der Waals surface area contributed by atoms with E-state index in [0.717, 1.165) is 19.1 Å². The fourth-order valence-corrected chi connectivity index (χ4v) is 6.37. The third-order valence-electron chi connectivity index (χ3n) is 7.29. The molecule has 14 nitrogen and oxygen atoms in total. The van der Waals surface area contributed by atoms with Crippen LogP contribution in [0.15, 0.2) is 22.4 Å². The summed E-state index contributed by atoms with van der Waals surface area (Å²) < 4.78 is 31.4. The third kappa shape index (κ3) is 8.43. The van der Waals surface area contributed by atoms with Crippen molar-refractivity contribution in [3.8, 4) is 0 Å². The van der Waals surface area contributed by atoms with Gasteiger partial charge in [0.1, 0.15) is 23.4 Å². The predicted octanol–water partition coefficient (Wildman–Crippen LogP) is 2.25. The number of carbonyl (C=O) groups is 2. The first kappa shape index (κ1) is 36.9. The van der Waals surface area contributed by atoms with Crippen LogP contribution in [0.1, 0.15) is 80.5 Å². The first-order valence-electron chi connectivity index (χ1n) is 13.7. The van der Waals surface area contributed by atoms with E-state index in [0.29, 0.717) is 28.6 Å². The number of hydrogen-bond donors (Lipinski definition) is 3. The summed E-state index contributed by atoms with van der Waals surface area (Å²) in [6.45, 7) is 10.8. The van der Waals surface area contributed by atoms with Crippen molar-refractivity contribution in [1.82, 2.24) is 19.7 Å². The summed E-state index contributed by atoms with van der Waals surface area (Å²) in [5, 5.41) is 13.1. The maximum absolute atomic E-state index is 13.5. The van der Waals surface area contributed by atoms with Gasteiger partial charge in [-0.05, 0) is 74.5 Å². The molecule has 3 heterocycles. The van der Waals surface area contributed by atoms with Crippen LogP contribution in [-0.4, -0.2) is 71.0 Å². The average Bonchev–Trinajstić information content (AvgIpc) is 3.36. The number of esters is 1. The van der Waals surface area contributed by atoms with Crippen LogP contribution in [0.5, 0.6) is 0 Å². The number of fused-ring (bicyclic) bond motifs is 1. The van der Waals surface area contributed by atoms with Crippen molar-refractivity contribution in [2.75, 3.05) is 11.6 Å². The van der Waals surface area contributed by atoms with Gasteiger partial charge < -0.3 is 25.6 Å². The first-order valence-corrected chi connectivity index (χ1v) is 15.6. The van der Waals surface area contributed by atoms with Gasteiger partial charge in [-0.3, -0.25) is 9.78 Å². The number of ether oxygens (including phenoxy) is 1. The molecule has 1 saturated carbocycles. The SMILES string of the molecule is CC(=O)Nc1[n-]c(/C=C2\N=C(N=C(O)C(C)NS(C)(=O)=O)c3nccnc32)c(C)c1C(=O)OC1C(C)CC(C)CC1C.O.[Zn]. The van der Waals surface area contributed by atoms with Gasteiger partial charge in [0.2, 0.25) is 15.9 Å². The molecule has 0 radical (unpaired) electrons. The van der Waals surface area contributed by atoms with Crippen molar-refractivity contribution in [3.05, 3.63) is 40.6 Å². The van der Waals surface area contributed by atoms with Crippen LogP contribution in [-0.2, 0) is 39.0 Å². The molecule has 1 aliphatic carbocycles. The van der Waals surface area contributed by atoms with Crippen molar-refractivity contribution in [2.45, 2.75) is 66.5 Å². The van der Waals surface area contributed by atoms with E-state index in [2.05, 4.69) is 55.7 Å². The van der Waals surface area contributed by atoms with Gasteiger partial charge in [-0.25, -0.2) is 27.9 Å². The van der Waals surface area contributed by atoms with Crippen LogP contribution in [0.25, 0.3) is 11.8 Å². The van der Waals surface area contributed by atoms with Gasteiger partial charge in [-0.15, -0.1) is 0 Å². The zero-order valence-corrected chi connectivity index (χ0v) is 29.7. The van der Waals surface area contributed by atoms with Crippen LogP contribution in [0.4, 0.5) is 5.82 Å². The standard InChI is InChI=1S/C28H37N7O6S.H2O.Zn/c1-13-10-14(2)24(15(3)11-13)41-28(38)21-16(4)19(32-25(21)31-18(6)36)12-20-22-23(30-9-8-29-22)26(33-20)34-27(37)17(5)35-42(7,39)40;;/h8-9,12-15,17,24,35H,10-11H2,1-7H3,(H3,29,30,31,32,33,34,36,37,38);1H2;/p-1. The molecule has 236 valence electrons. The molecule has 0 bridgehead atoms. The molecule has 2 aliphatic rings. The van der Waals surface area contributed by atoms with Crippen molar-refractivity contribution >= 4 is 51.2 Å². The molecule has 0 spiro atoms. The fraction of sp³-hybridized carbons (Fsp3) is 0.500. The number of aliphatic hydroxyl groups excluding tert-OH is 1. The number of aromatic nitrogens is 3. The van der Waals surface area contributed by atoms with Crippen LogP contribution >= 0.6 is 0 Å². The number of aliphatic imine (C=N–C) groups is 2. The van der Waals surface area contributed by atoms with E-state index in [1.807, 2.05) is 0 Å². The van der Waals surface area contributed by atoms with Crippen molar-refractivity contribution in [3.63, 3.8) is 0 Å². The molecule has 1 aliphatic heterocycles.